The van der Waals surface area contributed by atoms with E-state index in [-0.39, 0.29) is 24.0 Å². The Hall–Kier alpha value is -3.95. The lowest BCUT2D eigenvalue weighted by atomic mass is 10.1. The molecule has 1 aromatic heterocycles. The van der Waals surface area contributed by atoms with Gasteiger partial charge in [0.25, 0.3) is 5.91 Å². The van der Waals surface area contributed by atoms with Crippen molar-refractivity contribution >= 4 is 33.4 Å². The van der Waals surface area contributed by atoms with E-state index in [0.29, 0.717) is 36.2 Å². The number of methoxy groups -OCH3 is 2. The van der Waals surface area contributed by atoms with Gasteiger partial charge in [0.2, 0.25) is 16.0 Å². The lowest BCUT2D eigenvalue weighted by Gasteiger charge is -2.30. The summed E-state index contributed by atoms with van der Waals surface area (Å²) in [4.78, 5) is 20.4. The molecule has 226 valence electrons. The molecule has 0 fully saturated rings. The van der Waals surface area contributed by atoms with Crippen LogP contribution in [-0.2, 0) is 27.4 Å². The number of likely N-dealkylation sites (N-methyl/N-ethyl adjacent to an activating group) is 1. The minimum atomic E-state index is -4.79. The molecule has 42 heavy (non-hydrogen) atoms. The number of fused-ring (bicyclic) bond motifs is 1. The highest BCUT2D eigenvalue weighted by molar-refractivity contribution is 7.88. The molecule has 0 saturated carbocycles. The van der Waals surface area contributed by atoms with E-state index in [9.17, 15) is 26.4 Å². The van der Waals surface area contributed by atoms with Crippen LogP contribution in [0.2, 0.25) is 0 Å². The Morgan fingerprint density at radius 3 is 2.57 bits per heavy atom. The molecule has 4 rings (SSSR count). The first-order valence-electron chi connectivity index (χ1n) is 12.8. The molecular formula is C27H31F3N6O5S. The maximum atomic E-state index is 14.0. The third-order valence-electron chi connectivity index (χ3n) is 6.83. The molecule has 0 saturated heterocycles. The highest BCUT2D eigenvalue weighted by Crippen LogP contribution is 2.40. The van der Waals surface area contributed by atoms with Crippen molar-refractivity contribution in [1.29, 1.82) is 0 Å². The van der Waals surface area contributed by atoms with Gasteiger partial charge in [-0.2, -0.15) is 22.5 Å². The second-order valence-corrected chi connectivity index (χ2v) is 11.7. The molecular weight excluding hydrogens is 577 g/mol. The van der Waals surface area contributed by atoms with Crippen molar-refractivity contribution in [3.63, 3.8) is 0 Å². The van der Waals surface area contributed by atoms with E-state index in [0.717, 1.165) is 16.1 Å². The summed E-state index contributed by atoms with van der Waals surface area (Å²) in [5, 5.41) is 8.40. The number of nitrogens with one attached hydrogen (secondary N) is 3. The maximum Gasteiger partial charge on any atom is 0.421 e. The van der Waals surface area contributed by atoms with Crippen LogP contribution in [0.5, 0.6) is 5.75 Å². The number of aromatic nitrogens is 2. The molecule has 2 atom stereocenters. The molecule has 0 bridgehead atoms. The SMILES string of the molecule is COCCNC(=O)c1ccc(Nc2ncc(C(F)(F)F)c(N[C@@H]3Cc4ccccc4[C@H]3N(C)S(C)(=O)=O)n2)c(OC)c1. The number of anilines is 3. The third kappa shape index (κ3) is 6.91. The summed E-state index contributed by atoms with van der Waals surface area (Å²) < 4.78 is 78.4. The van der Waals surface area contributed by atoms with E-state index in [1.54, 1.807) is 18.2 Å². The number of amides is 1. The number of hydrogen-bond donors (Lipinski definition) is 3. The molecule has 3 aromatic rings. The lowest BCUT2D eigenvalue weighted by molar-refractivity contribution is -0.137. The van der Waals surface area contributed by atoms with Crippen molar-refractivity contribution < 1.29 is 35.9 Å². The van der Waals surface area contributed by atoms with Crippen molar-refractivity contribution in [2.75, 3.05) is 51.3 Å². The van der Waals surface area contributed by atoms with Crippen molar-refractivity contribution in [3.05, 3.63) is 70.9 Å². The van der Waals surface area contributed by atoms with E-state index in [1.807, 2.05) is 6.07 Å². The number of halogens is 3. The molecule has 0 unspecified atom stereocenters. The Balaban J connectivity index is 1.65. The summed E-state index contributed by atoms with van der Waals surface area (Å²) >= 11 is 0. The number of carbonyl (C=O) groups excluding carboxylic acids is 1. The number of alkyl halides is 3. The minimum absolute atomic E-state index is 0.176. The van der Waals surface area contributed by atoms with Crippen LogP contribution in [0.25, 0.3) is 0 Å². The van der Waals surface area contributed by atoms with Gasteiger partial charge >= 0.3 is 6.18 Å². The Morgan fingerprint density at radius 2 is 1.90 bits per heavy atom. The largest absolute Gasteiger partial charge is 0.495 e. The topological polar surface area (TPSA) is 135 Å². The van der Waals surface area contributed by atoms with Crippen molar-refractivity contribution in [3.8, 4) is 5.75 Å². The van der Waals surface area contributed by atoms with Gasteiger partial charge in [0.05, 0.1) is 37.7 Å². The van der Waals surface area contributed by atoms with Crippen molar-refractivity contribution in [2.24, 2.45) is 0 Å². The van der Waals surface area contributed by atoms with Crippen LogP contribution in [0.4, 0.5) is 30.6 Å². The molecule has 2 aromatic carbocycles. The summed E-state index contributed by atoms with van der Waals surface area (Å²) in [5.41, 5.74) is 0.998. The van der Waals surface area contributed by atoms with E-state index >= 15 is 0 Å². The summed E-state index contributed by atoms with van der Waals surface area (Å²) in [7, 11) is 0.595. The van der Waals surface area contributed by atoms with Crippen LogP contribution in [0, 0.1) is 0 Å². The fraction of sp³-hybridized carbons (Fsp3) is 0.370. The number of rotatable bonds is 11. The molecule has 0 radical (unpaired) electrons. The molecule has 15 heteroatoms. The number of ether oxygens (including phenoxy) is 2. The van der Waals surface area contributed by atoms with Gasteiger partial charge in [0.1, 0.15) is 17.1 Å². The van der Waals surface area contributed by atoms with Crippen LogP contribution >= 0.6 is 0 Å². The molecule has 1 aliphatic rings. The smallest absolute Gasteiger partial charge is 0.421 e. The van der Waals surface area contributed by atoms with Gasteiger partial charge in [0.15, 0.2) is 0 Å². The van der Waals surface area contributed by atoms with E-state index in [2.05, 4.69) is 25.9 Å². The van der Waals surface area contributed by atoms with Crippen LogP contribution in [-0.4, -0.2) is 75.3 Å². The molecule has 0 aliphatic heterocycles. The summed E-state index contributed by atoms with van der Waals surface area (Å²) in [6, 6.07) is 10.1. The van der Waals surface area contributed by atoms with Gasteiger partial charge in [-0.3, -0.25) is 4.79 Å². The van der Waals surface area contributed by atoms with E-state index in [4.69, 9.17) is 9.47 Å². The first kappa shape index (κ1) is 31.0. The zero-order valence-corrected chi connectivity index (χ0v) is 24.1. The van der Waals surface area contributed by atoms with Gasteiger partial charge in [0, 0.05) is 32.5 Å². The van der Waals surface area contributed by atoms with Gasteiger partial charge in [-0.05, 0) is 35.7 Å². The second kappa shape index (κ2) is 12.5. The zero-order valence-electron chi connectivity index (χ0n) is 23.3. The average Bonchev–Trinajstić information content (AvgIpc) is 3.29. The average molecular weight is 609 g/mol. The highest BCUT2D eigenvalue weighted by Gasteiger charge is 2.41. The fourth-order valence-electron chi connectivity index (χ4n) is 4.72. The normalized spacial score (nSPS) is 16.7. The van der Waals surface area contributed by atoms with Gasteiger partial charge in [-0.25, -0.2) is 13.4 Å². The highest BCUT2D eigenvalue weighted by atomic mass is 32.2. The predicted octanol–water partition coefficient (Wildman–Crippen LogP) is 3.59. The summed E-state index contributed by atoms with van der Waals surface area (Å²) in [6.07, 6.45) is -2.83. The first-order valence-corrected chi connectivity index (χ1v) is 14.6. The number of benzene rings is 2. The molecule has 1 amide bonds. The lowest BCUT2D eigenvalue weighted by Crippen LogP contribution is -2.39. The van der Waals surface area contributed by atoms with E-state index < -0.39 is 39.7 Å². The maximum absolute atomic E-state index is 14.0. The molecule has 1 aliphatic carbocycles. The number of carbonyl (C=O) groups is 1. The number of hydrogen-bond acceptors (Lipinski definition) is 9. The molecule has 3 N–H and O–H groups in total. The number of sulfonamides is 1. The number of nitrogens with zero attached hydrogens (tertiary/aromatic N) is 3. The molecule has 1 heterocycles. The molecule has 0 spiro atoms. The predicted molar refractivity (Wildman–Crippen MR) is 150 cm³/mol. The third-order valence-corrected chi connectivity index (χ3v) is 8.10. The zero-order chi connectivity index (χ0) is 30.7. The van der Waals surface area contributed by atoms with E-state index in [1.165, 1.54) is 39.5 Å². The van der Waals surface area contributed by atoms with Gasteiger partial charge in [-0.1, -0.05) is 24.3 Å². The van der Waals surface area contributed by atoms with Crippen LogP contribution in [0.15, 0.2) is 48.7 Å². The first-order chi connectivity index (χ1) is 19.8. The van der Waals surface area contributed by atoms with Crippen molar-refractivity contribution in [2.45, 2.75) is 24.7 Å². The Labute approximate surface area is 241 Å². The van der Waals surface area contributed by atoms with Crippen molar-refractivity contribution in [1.82, 2.24) is 19.6 Å². The Kier molecular flexibility index (Phi) is 9.23. The summed E-state index contributed by atoms with van der Waals surface area (Å²) in [6.45, 7) is 0.641. The monoisotopic (exact) mass is 608 g/mol. The standard InChI is InChI=1S/C27H31F3N6O5S/c1-36(42(4,38)39)23-18-8-6-5-7-16(18)13-21(23)33-24-19(27(28,29)30)15-32-26(35-24)34-20-10-9-17(14-22(20)41-3)25(37)31-11-12-40-2/h5-10,14-15,21,23H,11-13H2,1-4H3,(H,31,37)(H2,32,33,34,35)/t21-,23-/m1/s1. The Morgan fingerprint density at radius 1 is 1.17 bits per heavy atom. The van der Waals surface area contributed by atoms with Crippen LogP contribution < -0.4 is 20.7 Å². The van der Waals surface area contributed by atoms with Gasteiger partial charge in [-0.15, -0.1) is 0 Å². The Bertz CT molecular complexity index is 1550. The van der Waals surface area contributed by atoms with Crippen LogP contribution in [0.3, 0.4) is 0 Å². The van der Waals surface area contributed by atoms with Crippen LogP contribution in [0.1, 0.15) is 33.1 Å². The van der Waals surface area contributed by atoms with Gasteiger partial charge < -0.3 is 25.4 Å². The summed E-state index contributed by atoms with van der Waals surface area (Å²) in [5.74, 6) is -0.823. The molecule has 11 nitrogen and oxygen atoms in total. The minimum Gasteiger partial charge on any atom is -0.495 e. The second-order valence-electron chi connectivity index (χ2n) is 9.62. The quantitative estimate of drug-likeness (QED) is 0.279. The fourth-order valence-corrected chi connectivity index (χ4v) is 5.39.